The highest BCUT2D eigenvalue weighted by molar-refractivity contribution is 5.86. The Bertz CT molecular complexity index is 708. The molecule has 1 aromatic rings. The van der Waals surface area contributed by atoms with Crippen LogP contribution in [0.2, 0.25) is 0 Å². The van der Waals surface area contributed by atoms with E-state index in [0.717, 1.165) is 24.0 Å². The SMILES string of the molecule is COC(=O)[C@]12CCC[C@H]1[C@H](C(=O)OC(C)(C)C)[C@@H](c1ccccc1C)N2. The van der Waals surface area contributed by atoms with Gasteiger partial charge in [-0.1, -0.05) is 30.7 Å². The molecule has 1 aromatic carbocycles. The van der Waals surface area contributed by atoms with E-state index in [1.165, 1.54) is 7.11 Å². The average Bonchev–Trinajstić information content (AvgIpc) is 3.09. The minimum absolute atomic E-state index is 0.116. The molecule has 1 aliphatic heterocycles. The fourth-order valence-corrected chi connectivity index (χ4v) is 4.67. The fraction of sp³-hybridized carbons (Fsp3) is 0.619. The summed E-state index contributed by atoms with van der Waals surface area (Å²) in [5, 5.41) is 3.52. The van der Waals surface area contributed by atoms with Gasteiger partial charge in [0.25, 0.3) is 0 Å². The molecular weight excluding hydrogens is 330 g/mol. The Balaban J connectivity index is 2.05. The summed E-state index contributed by atoms with van der Waals surface area (Å²) in [6, 6.07) is 7.75. The highest BCUT2D eigenvalue weighted by Crippen LogP contribution is 2.53. The molecule has 1 N–H and O–H groups in total. The number of hydrogen-bond donors (Lipinski definition) is 1. The van der Waals surface area contributed by atoms with Crippen LogP contribution in [0.4, 0.5) is 0 Å². The normalized spacial score (nSPS) is 30.7. The van der Waals surface area contributed by atoms with Crippen molar-refractivity contribution in [2.75, 3.05) is 7.11 Å². The van der Waals surface area contributed by atoms with E-state index < -0.39 is 17.1 Å². The van der Waals surface area contributed by atoms with Gasteiger partial charge in [0.05, 0.1) is 13.0 Å². The van der Waals surface area contributed by atoms with Gasteiger partial charge < -0.3 is 9.47 Å². The summed E-state index contributed by atoms with van der Waals surface area (Å²) in [4.78, 5) is 25.8. The second kappa shape index (κ2) is 6.69. The third-order valence-electron chi connectivity index (χ3n) is 5.68. The number of carbonyl (C=O) groups excluding carboxylic acids is 2. The van der Waals surface area contributed by atoms with E-state index in [0.29, 0.717) is 6.42 Å². The maximum absolute atomic E-state index is 13.1. The molecule has 4 atom stereocenters. The Morgan fingerprint density at radius 3 is 2.54 bits per heavy atom. The van der Waals surface area contributed by atoms with Crippen LogP contribution in [-0.2, 0) is 19.1 Å². The first kappa shape index (κ1) is 18.9. The quantitative estimate of drug-likeness (QED) is 0.839. The number of ether oxygens (including phenoxy) is 2. The van der Waals surface area contributed by atoms with Gasteiger partial charge in [-0.25, -0.2) is 0 Å². The molecule has 1 aliphatic carbocycles. The van der Waals surface area contributed by atoms with Crippen molar-refractivity contribution >= 4 is 11.9 Å². The van der Waals surface area contributed by atoms with Gasteiger partial charge in [0.15, 0.2) is 0 Å². The van der Waals surface area contributed by atoms with Crippen LogP contribution >= 0.6 is 0 Å². The Hall–Kier alpha value is -1.88. The molecule has 142 valence electrons. The molecule has 0 spiro atoms. The van der Waals surface area contributed by atoms with Crippen LogP contribution in [0.25, 0.3) is 0 Å². The number of benzene rings is 1. The van der Waals surface area contributed by atoms with E-state index in [4.69, 9.17) is 9.47 Å². The zero-order valence-electron chi connectivity index (χ0n) is 16.3. The lowest BCUT2D eigenvalue weighted by atomic mass is 9.79. The molecule has 0 amide bonds. The smallest absolute Gasteiger partial charge is 0.326 e. The van der Waals surface area contributed by atoms with E-state index in [1.54, 1.807) is 0 Å². The molecule has 0 bridgehead atoms. The highest BCUT2D eigenvalue weighted by atomic mass is 16.6. The topological polar surface area (TPSA) is 64.6 Å². The molecule has 1 saturated carbocycles. The van der Waals surface area contributed by atoms with Crippen molar-refractivity contribution in [2.45, 2.75) is 64.1 Å². The van der Waals surface area contributed by atoms with E-state index in [2.05, 4.69) is 5.32 Å². The third kappa shape index (κ3) is 3.13. The van der Waals surface area contributed by atoms with Crippen molar-refractivity contribution in [3.63, 3.8) is 0 Å². The maximum atomic E-state index is 13.1. The summed E-state index contributed by atoms with van der Waals surface area (Å²) in [5.41, 5.74) is 0.769. The number of aryl methyl sites for hydroxylation is 1. The summed E-state index contributed by atoms with van der Waals surface area (Å²) in [6.45, 7) is 7.65. The van der Waals surface area contributed by atoms with Crippen LogP contribution in [-0.4, -0.2) is 30.2 Å². The predicted octanol–water partition coefficient (Wildman–Crippen LogP) is 3.31. The monoisotopic (exact) mass is 359 g/mol. The summed E-state index contributed by atoms with van der Waals surface area (Å²) in [7, 11) is 1.41. The van der Waals surface area contributed by atoms with Crippen LogP contribution in [0, 0.1) is 18.8 Å². The Morgan fingerprint density at radius 2 is 1.92 bits per heavy atom. The summed E-state index contributed by atoms with van der Waals surface area (Å²) >= 11 is 0. The number of esters is 2. The third-order valence-corrected chi connectivity index (χ3v) is 5.68. The van der Waals surface area contributed by atoms with E-state index >= 15 is 0 Å². The van der Waals surface area contributed by atoms with E-state index in [1.807, 2.05) is 52.0 Å². The number of carbonyl (C=O) groups is 2. The number of fused-ring (bicyclic) bond motifs is 1. The van der Waals surface area contributed by atoms with E-state index in [9.17, 15) is 9.59 Å². The number of methoxy groups -OCH3 is 1. The molecule has 26 heavy (non-hydrogen) atoms. The Labute approximate surface area is 155 Å². The lowest BCUT2D eigenvalue weighted by molar-refractivity contribution is -0.162. The van der Waals surface area contributed by atoms with Crippen LogP contribution in [0.5, 0.6) is 0 Å². The average molecular weight is 359 g/mol. The molecule has 1 saturated heterocycles. The zero-order chi connectivity index (χ0) is 19.1. The Kier molecular flexibility index (Phi) is 4.86. The van der Waals surface area contributed by atoms with Crippen molar-refractivity contribution in [3.05, 3.63) is 35.4 Å². The summed E-state index contributed by atoms with van der Waals surface area (Å²) < 4.78 is 10.9. The van der Waals surface area contributed by atoms with Crippen molar-refractivity contribution in [1.82, 2.24) is 5.32 Å². The minimum atomic E-state index is -0.802. The van der Waals surface area contributed by atoms with E-state index in [-0.39, 0.29) is 23.9 Å². The number of hydrogen-bond acceptors (Lipinski definition) is 5. The standard InChI is InChI=1S/C21H29NO4/c1-13-9-6-7-10-14(13)17-16(18(23)26-20(2,3)4)15-11-8-12-21(15,22-17)19(24)25-5/h6-7,9-10,15-17,22H,8,11-12H2,1-5H3/t15-,16-,17+,21-/m0/s1. The lowest BCUT2D eigenvalue weighted by Crippen LogP contribution is -2.50. The van der Waals surface area contributed by atoms with Crippen molar-refractivity contribution in [2.24, 2.45) is 11.8 Å². The second-order valence-electron chi connectivity index (χ2n) is 8.50. The van der Waals surface area contributed by atoms with Gasteiger partial charge in [-0.2, -0.15) is 0 Å². The highest BCUT2D eigenvalue weighted by Gasteiger charge is 2.63. The molecule has 0 aromatic heterocycles. The summed E-state index contributed by atoms with van der Waals surface area (Å²) in [6.07, 6.45) is 2.40. The van der Waals surface area contributed by atoms with Gasteiger partial charge in [0.2, 0.25) is 0 Å². The molecule has 3 rings (SSSR count). The number of nitrogens with one attached hydrogen (secondary N) is 1. The van der Waals surface area contributed by atoms with Crippen molar-refractivity contribution < 1.29 is 19.1 Å². The predicted molar refractivity (Wildman–Crippen MR) is 98.5 cm³/mol. The maximum Gasteiger partial charge on any atom is 0.326 e. The molecule has 5 nitrogen and oxygen atoms in total. The molecule has 1 heterocycles. The van der Waals surface area contributed by atoms with Crippen molar-refractivity contribution in [1.29, 1.82) is 0 Å². The summed E-state index contributed by atoms with van der Waals surface area (Å²) in [5.74, 6) is -1.04. The fourth-order valence-electron chi connectivity index (χ4n) is 4.67. The van der Waals surface area contributed by atoms with Gasteiger partial charge >= 0.3 is 11.9 Å². The zero-order valence-corrected chi connectivity index (χ0v) is 16.3. The van der Waals surface area contributed by atoms with Gasteiger partial charge in [-0.3, -0.25) is 14.9 Å². The van der Waals surface area contributed by atoms with Crippen LogP contribution < -0.4 is 5.32 Å². The van der Waals surface area contributed by atoms with Gasteiger partial charge in [0.1, 0.15) is 11.1 Å². The van der Waals surface area contributed by atoms with Gasteiger partial charge in [-0.05, 0) is 51.7 Å². The first-order chi connectivity index (χ1) is 12.2. The van der Waals surface area contributed by atoms with Crippen LogP contribution in [0.1, 0.15) is 57.2 Å². The van der Waals surface area contributed by atoms with Crippen molar-refractivity contribution in [3.8, 4) is 0 Å². The largest absolute Gasteiger partial charge is 0.468 e. The molecule has 0 radical (unpaired) electrons. The van der Waals surface area contributed by atoms with Crippen LogP contribution in [0.15, 0.2) is 24.3 Å². The molecule has 2 aliphatic rings. The second-order valence-corrected chi connectivity index (χ2v) is 8.50. The minimum Gasteiger partial charge on any atom is -0.468 e. The number of rotatable bonds is 3. The first-order valence-electron chi connectivity index (χ1n) is 9.34. The Morgan fingerprint density at radius 1 is 1.23 bits per heavy atom. The first-order valence-corrected chi connectivity index (χ1v) is 9.34. The molecule has 0 unspecified atom stereocenters. The lowest BCUT2D eigenvalue weighted by Gasteiger charge is -2.28. The van der Waals surface area contributed by atoms with Crippen LogP contribution in [0.3, 0.4) is 0 Å². The van der Waals surface area contributed by atoms with Gasteiger partial charge in [-0.15, -0.1) is 0 Å². The molecular formula is C21H29NO4. The molecule has 2 fully saturated rings. The molecule has 5 heteroatoms. The van der Waals surface area contributed by atoms with Gasteiger partial charge in [0, 0.05) is 12.0 Å².